The first-order valence-corrected chi connectivity index (χ1v) is 7.13. The number of hydrogen-bond acceptors (Lipinski definition) is 4. The molecule has 114 valence electrons. The number of carbonyl (C=O) groups is 2. The minimum atomic E-state index is -1.08. The molecule has 1 aliphatic rings. The van der Waals surface area contributed by atoms with Crippen LogP contribution in [0.1, 0.15) is 33.1 Å². The van der Waals surface area contributed by atoms with Crippen molar-refractivity contribution in [2.24, 2.45) is 5.41 Å². The second-order valence-corrected chi connectivity index (χ2v) is 6.01. The summed E-state index contributed by atoms with van der Waals surface area (Å²) in [5, 5.41) is 11.7. The number of rotatable bonds is 5. The number of carboxylic acid groups (broad SMARTS) is 1. The summed E-state index contributed by atoms with van der Waals surface area (Å²) in [5.41, 5.74) is -0.489. The Bertz CT molecular complexity index is 519. The van der Waals surface area contributed by atoms with Crippen molar-refractivity contribution in [2.75, 3.05) is 23.3 Å². The first-order chi connectivity index (χ1) is 9.88. The number of pyridine rings is 1. The fourth-order valence-electron chi connectivity index (χ4n) is 2.28. The van der Waals surface area contributed by atoms with Gasteiger partial charge in [0.25, 0.3) is 0 Å². The zero-order valence-corrected chi connectivity index (χ0v) is 12.4. The van der Waals surface area contributed by atoms with Crippen molar-refractivity contribution in [3.63, 3.8) is 0 Å². The molecule has 1 saturated heterocycles. The molecule has 0 unspecified atom stereocenters. The Balaban J connectivity index is 1.93. The number of nitrogens with one attached hydrogen (secondary N) is 1. The van der Waals surface area contributed by atoms with Crippen molar-refractivity contribution in [1.29, 1.82) is 0 Å². The molecule has 0 aromatic carbocycles. The second-order valence-electron chi connectivity index (χ2n) is 6.01. The van der Waals surface area contributed by atoms with E-state index >= 15 is 0 Å². The van der Waals surface area contributed by atoms with Gasteiger partial charge in [0.2, 0.25) is 5.91 Å². The fourth-order valence-corrected chi connectivity index (χ4v) is 2.28. The molecule has 0 bridgehead atoms. The van der Waals surface area contributed by atoms with Crippen LogP contribution in [0.2, 0.25) is 0 Å². The number of carboxylic acids is 1. The van der Waals surface area contributed by atoms with Gasteiger partial charge in [-0.05, 0) is 38.8 Å². The number of nitrogens with zero attached hydrogens (tertiary/aromatic N) is 2. The Labute approximate surface area is 124 Å². The summed E-state index contributed by atoms with van der Waals surface area (Å²) in [6, 6.07) is 3.68. The first kappa shape index (κ1) is 15.3. The third-order valence-corrected chi connectivity index (χ3v) is 3.64. The molecule has 6 nitrogen and oxygen atoms in total. The van der Waals surface area contributed by atoms with Crippen LogP contribution >= 0.6 is 0 Å². The van der Waals surface area contributed by atoms with Gasteiger partial charge in [-0.1, -0.05) is 0 Å². The van der Waals surface area contributed by atoms with Gasteiger partial charge in [-0.15, -0.1) is 0 Å². The van der Waals surface area contributed by atoms with E-state index in [2.05, 4.69) is 15.2 Å². The normalized spacial score (nSPS) is 15.0. The Kier molecular flexibility index (Phi) is 4.45. The Morgan fingerprint density at radius 2 is 2.00 bits per heavy atom. The molecule has 0 atom stereocenters. The topological polar surface area (TPSA) is 82.5 Å². The van der Waals surface area contributed by atoms with E-state index in [-0.39, 0.29) is 12.3 Å². The maximum atomic E-state index is 11.9. The molecule has 1 fully saturated rings. The van der Waals surface area contributed by atoms with Gasteiger partial charge >= 0.3 is 5.97 Å². The molecule has 0 spiro atoms. The van der Waals surface area contributed by atoms with Crippen molar-refractivity contribution in [3.05, 3.63) is 18.3 Å². The predicted molar refractivity (Wildman–Crippen MR) is 80.3 cm³/mol. The third-order valence-electron chi connectivity index (χ3n) is 3.64. The summed E-state index contributed by atoms with van der Waals surface area (Å²) in [6.07, 6.45) is 3.91. The lowest BCUT2D eigenvalue weighted by atomic mass is 9.89. The minimum Gasteiger partial charge on any atom is -0.481 e. The van der Waals surface area contributed by atoms with Gasteiger partial charge in [-0.3, -0.25) is 9.59 Å². The molecule has 2 rings (SSSR count). The Morgan fingerprint density at radius 3 is 2.52 bits per heavy atom. The number of aromatic nitrogens is 1. The van der Waals surface area contributed by atoms with Crippen LogP contribution in [0.4, 0.5) is 11.5 Å². The minimum absolute atomic E-state index is 0.0732. The molecule has 0 aliphatic carbocycles. The summed E-state index contributed by atoms with van der Waals surface area (Å²) in [5.74, 6) is -0.394. The SMILES string of the molecule is CC(C)(CC(=O)Nc1ccc(N2CCCC2)nc1)C(=O)O. The third kappa shape index (κ3) is 3.93. The van der Waals surface area contributed by atoms with Crippen LogP contribution in [0.15, 0.2) is 18.3 Å². The molecular formula is C15H21N3O3. The number of aliphatic carboxylic acids is 1. The average molecular weight is 291 g/mol. The van der Waals surface area contributed by atoms with Gasteiger partial charge in [0.1, 0.15) is 5.82 Å². The van der Waals surface area contributed by atoms with Gasteiger partial charge in [0.05, 0.1) is 17.3 Å². The standard InChI is InChI=1S/C15H21N3O3/c1-15(2,14(20)21)9-13(19)17-11-5-6-12(16-10-11)18-7-3-4-8-18/h5-6,10H,3-4,7-9H2,1-2H3,(H,17,19)(H,20,21). The van der Waals surface area contributed by atoms with E-state index in [1.54, 1.807) is 12.3 Å². The Morgan fingerprint density at radius 1 is 1.33 bits per heavy atom. The number of amides is 1. The van der Waals surface area contributed by atoms with Gasteiger partial charge in [-0.25, -0.2) is 4.98 Å². The van der Waals surface area contributed by atoms with E-state index in [0.717, 1.165) is 18.9 Å². The lowest BCUT2D eigenvalue weighted by Gasteiger charge is -2.19. The highest BCUT2D eigenvalue weighted by atomic mass is 16.4. The lowest BCUT2D eigenvalue weighted by molar-refractivity contribution is -0.148. The van der Waals surface area contributed by atoms with E-state index in [4.69, 9.17) is 5.11 Å². The van der Waals surface area contributed by atoms with E-state index in [1.165, 1.54) is 26.7 Å². The highest BCUT2D eigenvalue weighted by Gasteiger charge is 2.30. The van der Waals surface area contributed by atoms with E-state index < -0.39 is 11.4 Å². The van der Waals surface area contributed by atoms with Crippen LogP contribution < -0.4 is 10.2 Å². The highest BCUT2D eigenvalue weighted by molar-refractivity contribution is 5.93. The zero-order valence-electron chi connectivity index (χ0n) is 12.4. The predicted octanol–water partition coefficient (Wildman–Crippen LogP) is 2.12. The van der Waals surface area contributed by atoms with Crippen LogP contribution in [0.3, 0.4) is 0 Å². The summed E-state index contributed by atoms with van der Waals surface area (Å²) in [4.78, 5) is 29.4. The largest absolute Gasteiger partial charge is 0.481 e. The summed E-state index contributed by atoms with van der Waals surface area (Å²) < 4.78 is 0. The molecule has 1 amide bonds. The van der Waals surface area contributed by atoms with Gasteiger partial charge in [0, 0.05) is 19.5 Å². The quantitative estimate of drug-likeness (QED) is 0.868. The number of anilines is 2. The molecule has 21 heavy (non-hydrogen) atoms. The fraction of sp³-hybridized carbons (Fsp3) is 0.533. The molecule has 1 aromatic rings. The van der Waals surface area contributed by atoms with Crippen molar-refractivity contribution in [2.45, 2.75) is 33.1 Å². The van der Waals surface area contributed by atoms with Crippen LogP contribution in [0.5, 0.6) is 0 Å². The second kappa shape index (κ2) is 6.11. The molecule has 2 heterocycles. The van der Waals surface area contributed by atoms with Crippen LogP contribution in [-0.4, -0.2) is 35.1 Å². The van der Waals surface area contributed by atoms with E-state index in [9.17, 15) is 9.59 Å². The van der Waals surface area contributed by atoms with Gasteiger partial charge in [-0.2, -0.15) is 0 Å². The van der Waals surface area contributed by atoms with Crippen LogP contribution in [0, 0.1) is 5.41 Å². The Hall–Kier alpha value is -2.11. The first-order valence-electron chi connectivity index (χ1n) is 7.13. The average Bonchev–Trinajstić information content (AvgIpc) is 2.92. The molecule has 1 aromatic heterocycles. The summed E-state index contributed by atoms with van der Waals surface area (Å²) in [6.45, 7) is 5.10. The van der Waals surface area contributed by atoms with Crippen molar-refractivity contribution < 1.29 is 14.7 Å². The van der Waals surface area contributed by atoms with Crippen molar-refractivity contribution >= 4 is 23.4 Å². The molecule has 6 heteroatoms. The smallest absolute Gasteiger partial charge is 0.309 e. The lowest BCUT2D eigenvalue weighted by Crippen LogP contribution is -2.29. The monoisotopic (exact) mass is 291 g/mol. The number of carbonyl (C=O) groups excluding carboxylic acids is 1. The molecule has 0 radical (unpaired) electrons. The molecule has 2 N–H and O–H groups in total. The van der Waals surface area contributed by atoms with Gasteiger partial charge < -0.3 is 15.3 Å². The summed E-state index contributed by atoms with van der Waals surface area (Å²) in [7, 11) is 0. The van der Waals surface area contributed by atoms with Crippen molar-refractivity contribution in [1.82, 2.24) is 4.98 Å². The van der Waals surface area contributed by atoms with Crippen LogP contribution in [0.25, 0.3) is 0 Å². The summed E-state index contributed by atoms with van der Waals surface area (Å²) >= 11 is 0. The van der Waals surface area contributed by atoms with E-state index in [0.29, 0.717) is 5.69 Å². The van der Waals surface area contributed by atoms with Crippen LogP contribution in [-0.2, 0) is 9.59 Å². The van der Waals surface area contributed by atoms with Gasteiger partial charge in [0.15, 0.2) is 0 Å². The molecule has 0 saturated carbocycles. The number of hydrogen-bond donors (Lipinski definition) is 2. The van der Waals surface area contributed by atoms with Crippen molar-refractivity contribution in [3.8, 4) is 0 Å². The maximum absolute atomic E-state index is 11.9. The maximum Gasteiger partial charge on any atom is 0.309 e. The van der Waals surface area contributed by atoms with E-state index in [1.807, 2.05) is 6.07 Å². The molecular weight excluding hydrogens is 270 g/mol. The zero-order chi connectivity index (χ0) is 15.5. The highest BCUT2D eigenvalue weighted by Crippen LogP contribution is 2.22. The molecule has 1 aliphatic heterocycles.